The molecule has 0 aromatic carbocycles. The molecule has 0 bridgehead atoms. The van der Waals surface area contributed by atoms with E-state index in [1.807, 2.05) is 32.3 Å². The fraction of sp³-hybridized carbons (Fsp3) is 0.696. The van der Waals surface area contributed by atoms with Gasteiger partial charge in [-0.3, -0.25) is 4.57 Å². The minimum absolute atomic E-state index is 0.0852. The molecule has 5 rings (SSSR count). The minimum Gasteiger partial charge on any atom is -0.444 e. The van der Waals surface area contributed by atoms with Crippen LogP contribution >= 0.6 is 11.6 Å². The van der Waals surface area contributed by atoms with Crippen LogP contribution in [0.3, 0.4) is 0 Å². The third-order valence-electron chi connectivity index (χ3n) is 6.53. The van der Waals surface area contributed by atoms with Crippen LogP contribution in [0.25, 0.3) is 11.2 Å². The highest BCUT2D eigenvalue weighted by molar-refractivity contribution is 6.28. The summed E-state index contributed by atoms with van der Waals surface area (Å²) in [6.45, 7) is 8.19. The summed E-state index contributed by atoms with van der Waals surface area (Å²) in [5, 5.41) is 19.1. The van der Waals surface area contributed by atoms with Crippen molar-refractivity contribution in [1.82, 2.24) is 45.0 Å². The van der Waals surface area contributed by atoms with Gasteiger partial charge in [-0.15, -0.1) is 10.2 Å². The fourth-order valence-corrected chi connectivity index (χ4v) is 4.95. The van der Waals surface area contributed by atoms with Crippen LogP contribution in [0.4, 0.5) is 10.6 Å². The zero-order chi connectivity index (χ0) is 26.2. The van der Waals surface area contributed by atoms with E-state index in [1.54, 1.807) is 11.1 Å². The Morgan fingerprint density at radius 3 is 2.62 bits per heavy atom. The highest BCUT2D eigenvalue weighted by atomic mass is 35.5. The summed E-state index contributed by atoms with van der Waals surface area (Å²) in [5.74, 6) is 1.18. The molecule has 3 aromatic heterocycles. The highest BCUT2D eigenvalue weighted by Crippen LogP contribution is 2.38. The number of hydrogen-bond donors (Lipinski definition) is 2. The van der Waals surface area contributed by atoms with Crippen molar-refractivity contribution in [3.05, 3.63) is 17.4 Å². The average molecular weight is 533 g/mol. The first-order valence-electron chi connectivity index (χ1n) is 12.8. The van der Waals surface area contributed by atoms with Crippen molar-refractivity contribution in [3.63, 3.8) is 0 Å². The van der Waals surface area contributed by atoms with Crippen LogP contribution in [0.2, 0.25) is 5.28 Å². The van der Waals surface area contributed by atoms with Crippen LogP contribution < -0.4 is 10.6 Å². The Hall–Kier alpha value is -3.06. The van der Waals surface area contributed by atoms with E-state index in [1.165, 1.54) is 0 Å². The molecular weight excluding hydrogens is 500 g/mol. The zero-order valence-electron chi connectivity index (χ0n) is 21.5. The number of aromatic nitrogens is 8. The lowest BCUT2D eigenvalue weighted by molar-refractivity contribution is -0.000979. The molecule has 4 heterocycles. The predicted molar refractivity (Wildman–Crippen MR) is 135 cm³/mol. The smallest absolute Gasteiger partial charge is 0.407 e. The Bertz CT molecular complexity index is 1250. The zero-order valence-corrected chi connectivity index (χ0v) is 22.3. The van der Waals surface area contributed by atoms with Crippen molar-refractivity contribution in [1.29, 1.82) is 0 Å². The number of alkyl carbamates (subject to hydrolysis) is 1. The molecule has 2 atom stereocenters. The first-order chi connectivity index (χ1) is 17.7. The number of carbonyl (C=O) groups is 1. The Balaban J connectivity index is 1.23. The quantitative estimate of drug-likeness (QED) is 0.449. The molecule has 0 spiro atoms. The molecule has 2 N–H and O–H groups in total. The van der Waals surface area contributed by atoms with E-state index in [9.17, 15) is 4.79 Å². The average Bonchev–Trinajstić information content (AvgIpc) is 3.58. The summed E-state index contributed by atoms with van der Waals surface area (Å²) in [6.07, 6.45) is 5.76. The molecule has 2 fully saturated rings. The second kappa shape index (κ2) is 10.4. The topological polar surface area (TPSA) is 147 Å². The molecule has 1 aliphatic heterocycles. The van der Waals surface area contributed by atoms with E-state index in [2.05, 4.69) is 41.0 Å². The Morgan fingerprint density at radius 2 is 1.92 bits per heavy atom. The largest absolute Gasteiger partial charge is 0.444 e. The Morgan fingerprint density at radius 1 is 1.16 bits per heavy atom. The van der Waals surface area contributed by atoms with Crippen molar-refractivity contribution in [2.45, 2.75) is 103 Å². The van der Waals surface area contributed by atoms with Gasteiger partial charge >= 0.3 is 6.09 Å². The maximum Gasteiger partial charge on any atom is 0.407 e. The van der Waals surface area contributed by atoms with Gasteiger partial charge in [0.15, 0.2) is 17.0 Å². The van der Waals surface area contributed by atoms with Crippen LogP contribution in [0.1, 0.15) is 84.4 Å². The van der Waals surface area contributed by atoms with Crippen molar-refractivity contribution >= 4 is 34.7 Å². The second-order valence-corrected chi connectivity index (χ2v) is 10.8. The first-order valence-corrected chi connectivity index (χ1v) is 13.2. The van der Waals surface area contributed by atoms with Gasteiger partial charge in [-0.05, 0) is 83.0 Å². The summed E-state index contributed by atoms with van der Waals surface area (Å²) in [4.78, 5) is 27.1. The lowest BCUT2D eigenvalue weighted by atomic mass is 9.91. The minimum atomic E-state index is -0.513. The van der Waals surface area contributed by atoms with Gasteiger partial charge in [-0.25, -0.2) is 9.78 Å². The molecular formula is C23H33ClN10O3. The van der Waals surface area contributed by atoms with Crippen LogP contribution in [0.5, 0.6) is 0 Å². The third-order valence-corrected chi connectivity index (χ3v) is 6.70. The lowest BCUT2D eigenvalue weighted by Gasteiger charge is -2.30. The van der Waals surface area contributed by atoms with Gasteiger partial charge in [0.05, 0.1) is 12.9 Å². The summed E-state index contributed by atoms with van der Waals surface area (Å²) < 4.78 is 13.5. The molecule has 200 valence electrons. The van der Waals surface area contributed by atoms with E-state index >= 15 is 0 Å². The molecule has 0 radical (unpaired) electrons. The second-order valence-electron chi connectivity index (χ2n) is 10.5. The number of amides is 1. The number of halogens is 1. The van der Waals surface area contributed by atoms with E-state index in [0.717, 1.165) is 38.5 Å². The van der Waals surface area contributed by atoms with Gasteiger partial charge in [0.25, 0.3) is 0 Å². The molecule has 2 unspecified atom stereocenters. The van der Waals surface area contributed by atoms with Crippen molar-refractivity contribution in [3.8, 4) is 0 Å². The number of fused-ring (bicyclic) bond motifs is 1. The van der Waals surface area contributed by atoms with Gasteiger partial charge in [-0.2, -0.15) is 14.8 Å². The van der Waals surface area contributed by atoms with Crippen molar-refractivity contribution in [2.75, 3.05) is 5.32 Å². The van der Waals surface area contributed by atoms with Gasteiger partial charge < -0.3 is 20.1 Å². The third kappa shape index (κ3) is 5.93. The van der Waals surface area contributed by atoms with Crippen LogP contribution in [0.15, 0.2) is 6.33 Å². The lowest BCUT2D eigenvalue weighted by Crippen LogP contribution is -2.42. The number of nitrogens with one attached hydrogen (secondary N) is 2. The van der Waals surface area contributed by atoms with E-state index in [0.29, 0.717) is 29.4 Å². The Kier molecular flexibility index (Phi) is 7.17. The summed E-state index contributed by atoms with van der Waals surface area (Å²) >= 11 is 6.32. The summed E-state index contributed by atoms with van der Waals surface area (Å²) in [6, 6.07) is 0.261. The first kappa shape index (κ1) is 25.6. The van der Waals surface area contributed by atoms with E-state index in [4.69, 9.17) is 21.1 Å². The monoisotopic (exact) mass is 532 g/mol. The maximum atomic E-state index is 12.1. The van der Waals surface area contributed by atoms with Gasteiger partial charge in [0, 0.05) is 12.1 Å². The molecule has 1 saturated carbocycles. The molecule has 1 saturated heterocycles. The SMILES string of the molecule is CCn1nnc(C2CCC(n3cnc4c(NC5CCC(NC(=O)OC(C)(C)C)CC5)nc(Cl)nc43)O2)n1. The van der Waals surface area contributed by atoms with Gasteiger partial charge in [-0.1, -0.05) is 0 Å². The fourth-order valence-electron chi connectivity index (χ4n) is 4.78. The normalized spacial score (nSPS) is 24.4. The molecule has 1 aliphatic carbocycles. The van der Waals surface area contributed by atoms with Crippen LogP contribution in [-0.4, -0.2) is 63.5 Å². The number of ether oxygens (including phenoxy) is 2. The number of anilines is 1. The number of carbonyl (C=O) groups excluding carboxylic acids is 1. The number of tetrazole rings is 1. The molecule has 2 aliphatic rings. The highest BCUT2D eigenvalue weighted by Gasteiger charge is 2.33. The number of aryl methyl sites for hydroxylation is 1. The molecule has 3 aromatic rings. The van der Waals surface area contributed by atoms with E-state index in [-0.39, 0.29) is 35.8 Å². The van der Waals surface area contributed by atoms with Crippen molar-refractivity contribution in [2.24, 2.45) is 0 Å². The number of nitrogens with zero attached hydrogens (tertiary/aromatic N) is 8. The number of imidazole rings is 1. The van der Waals surface area contributed by atoms with Crippen LogP contribution in [-0.2, 0) is 16.0 Å². The number of hydrogen-bond acceptors (Lipinski definition) is 10. The maximum absolute atomic E-state index is 12.1. The van der Waals surface area contributed by atoms with Gasteiger partial charge in [0.1, 0.15) is 17.9 Å². The molecule has 13 nitrogen and oxygen atoms in total. The molecule has 1 amide bonds. The molecule has 37 heavy (non-hydrogen) atoms. The van der Waals surface area contributed by atoms with Crippen LogP contribution in [0, 0.1) is 0 Å². The van der Waals surface area contributed by atoms with E-state index < -0.39 is 5.60 Å². The number of rotatable bonds is 6. The van der Waals surface area contributed by atoms with Crippen molar-refractivity contribution < 1.29 is 14.3 Å². The standard InChI is InChI=1S/C23H33ClN10O3/c1-5-34-31-18(30-32-34)15-10-11-16(36-15)33-12-25-17-19(28-21(24)29-20(17)33)26-13-6-8-14(9-7-13)27-22(35)37-23(2,3)4/h12-16H,5-11H2,1-4H3,(H,27,35)(H,26,28,29). The molecule has 14 heteroatoms. The summed E-state index contributed by atoms with van der Waals surface area (Å²) in [5.41, 5.74) is 0.736. The predicted octanol–water partition coefficient (Wildman–Crippen LogP) is 3.78. The summed E-state index contributed by atoms with van der Waals surface area (Å²) in [7, 11) is 0. The Labute approximate surface area is 219 Å². The van der Waals surface area contributed by atoms with Gasteiger partial charge in [0.2, 0.25) is 11.1 Å².